The smallest absolute Gasteiger partial charge is 0.418 e. The van der Waals surface area contributed by atoms with E-state index in [9.17, 15) is 45.5 Å². The summed E-state index contributed by atoms with van der Waals surface area (Å²) in [5.41, 5.74) is -2.49. The van der Waals surface area contributed by atoms with Crippen LogP contribution in [0.3, 0.4) is 0 Å². The van der Waals surface area contributed by atoms with Gasteiger partial charge in [-0.25, -0.2) is 4.90 Å². The summed E-state index contributed by atoms with van der Waals surface area (Å²) in [4.78, 5) is 54.3. The van der Waals surface area contributed by atoms with Gasteiger partial charge in [-0.15, -0.1) is 0 Å². The van der Waals surface area contributed by atoms with E-state index in [1.807, 2.05) is 0 Å². The second kappa shape index (κ2) is 11.9. The number of aromatic nitrogens is 1. The van der Waals surface area contributed by atoms with Gasteiger partial charge in [0.15, 0.2) is 0 Å². The average molecular weight is 694 g/mol. The molecule has 16 heteroatoms. The van der Waals surface area contributed by atoms with Crippen LogP contribution in [0.2, 0.25) is 0 Å². The Labute approximate surface area is 269 Å². The maximum atomic E-state index is 14.0. The minimum absolute atomic E-state index is 0.147. The van der Waals surface area contributed by atoms with E-state index in [1.54, 1.807) is 24.3 Å². The quantitative estimate of drug-likeness (QED) is 0.186. The topological polar surface area (TPSA) is 97.7 Å². The number of methoxy groups -OCH3 is 1. The normalized spacial score (nSPS) is 19.4. The number of halogens is 6. The summed E-state index contributed by atoms with van der Waals surface area (Å²) in [5, 5.41) is 1.22. The van der Waals surface area contributed by atoms with Crippen LogP contribution in [0.25, 0.3) is 0 Å². The highest BCUT2D eigenvalue weighted by Gasteiger charge is 2.57. The minimum Gasteiger partial charge on any atom is -0.497 e. The van der Waals surface area contributed by atoms with Crippen molar-refractivity contribution < 1.29 is 45.5 Å². The zero-order valence-corrected chi connectivity index (χ0v) is 25.5. The molecule has 1 aromatic heterocycles. The predicted molar refractivity (Wildman–Crippen MR) is 161 cm³/mol. The van der Waals surface area contributed by atoms with Crippen LogP contribution in [0.1, 0.15) is 27.5 Å². The molecule has 0 spiro atoms. The lowest BCUT2D eigenvalue weighted by molar-refractivity contribution is -0.138. The molecule has 2 aliphatic rings. The fourth-order valence-electron chi connectivity index (χ4n) is 5.69. The van der Waals surface area contributed by atoms with E-state index in [4.69, 9.17) is 4.74 Å². The molecular weight excluding hydrogens is 672 g/mol. The summed E-state index contributed by atoms with van der Waals surface area (Å²) in [6, 6.07) is 14.5. The van der Waals surface area contributed by atoms with Gasteiger partial charge in [-0.3, -0.25) is 23.7 Å². The second-order valence-corrected chi connectivity index (χ2v) is 12.7. The van der Waals surface area contributed by atoms with Crippen molar-refractivity contribution in [1.82, 2.24) is 4.57 Å². The molecule has 3 amide bonds. The van der Waals surface area contributed by atoms with Gasteiger partial charge in [0.2, 0.25) is 17.7 Å². The highest BCUT2D eigenvalue weighted by atomic mass is 32.2. The van der Waals surface area contributed by atoms with Crippen molar-refractivity contribution in [3.63, 3.8) is 0 Å². The van der Waals surface area contributed by atoms with Crippen LogP contribution in [-0.4, -0.2) is 34.6 Å². The monoisotopic (exact) mass is 693 g/mol. The average Bonchev–Trinajstić information content (AvgIpc) is 3.46. The summed E-state index contributed by atoms with van der Waals surface area (Å²) in [6.45, 7) is -0.649. The molecule has 3 heterocycles. The van der Waals surface area contributed by atoms with Crippen LogP contribution in [0, 0.1) is 5.92 Å². The number of benzene rings is 3. The van der Waals surface area contributed by atoms with Gasteiger partial charge in [0.25, 0.3) is 0 Å². The third-order valence-electron chi connectivity index (χ3n) is 7.75. The standard InChI is InChI=1S/C31H21F6N3O5S2/c1-45-18-11-9-15(10-12-18)22-23-24(27(43)40(26(23)42)20-8-3-2-7-19(20)31(35,36)37)46-28-25(22)47-29(44)39(28)14-21(41)38-17-6-4-5-16(13-17)30(32,33)34/h2-13,22-24H,14H2,1H3,(H,38,41)/t22-,23?,24?/m1/s1. The summed E-state index contributed by atoms with van der Waals surface area (Å²) in [5.74, 6) is -4.37. The number of imide groups is 1. The number of alkyl halides is 6. The lowest BCUT2D eigenvalue weighted by atomic mass is 9.83. The molecule has 0 radical (unpaired) electrons. The summed E-state index contributed by atoms with van der Waals surface area (Å²) in [7, 11) is 1.44. The number of thioether (sulfide) groups is 1. The Balaban J connectivity index is 1.40. The number of hydrogen-bond donors (Lipinski definition) is 1. The molecule has 1 N–H and O–H groups in total. The number of nitrogens with zero attached hydrogens (tertiary/aromatic N) is 2. The van der Waals surface area contributed by atoms with Gasteiger partial charge in [0.05, 0.1) is 34.9 Å². The van der Waals surface area contributed by atoms with E-state index in [1.165, 1.54) is 19.2 Å². The molecule has 1 fully saturated rings. The number of fused-ring (bicyclic) bond motifs is 2. The third-order valence-corrected chi connectivity index (χ3v) is 10.4. The Morgan fingerprint density at radius 1 is 0.894 bits per heavy atom. The van der Waals surface area contributed by atoms with E-state index in [0.29, 0.717) is 32.4 Å². The van der Waals surface area contributed by atoms with Crippen molar-refractivity contribution in [3.05, 3.63) is 104 Å². The van der Waals surface area contributed by atoms with Gasteiger partial charge in [0, 0.05) is 16.5 Å². The molecule has 0 bridgehead atoms. The van der Waals surface area contributed by atoms with Gasteiger partial charge in [-0.05, 0) is 48.0 Å². The van der Waals surface area contributed by atoms with Gasteiger partial charge >= 0.3 is 17.2 Å². The molecule has 2 aliphatic heterocycles. The highest BCUT2D eigenvalue weighted by Crippen LogP contribution is 2.54. The Kier molecular flexibility index (Phi) is 8.20. The van der Waals surface area contributed by atoms with Gasteiger partial charge in [0.1, 0.15) is 17.5 Å². The first kappa shape index (κ1) is 32.4. The number of amides is 3. The SMILES string of the molecule is COc1ccc([C@H]2c3sc(=O)n(CC(=O)Nc4cccc(C(F)(F)F)c4)c3SC3C(=O)N(c4ccccc4C(F)(F)F)C(=O)C32)cc1. The molecule has 8 nitrogen and oxygen atoms in total. The number of carbonyl (C=O) groups is 3. The molecule has 4 aromatic rings. The predicted octanol–water partition coefficient (Wildman–Crippen LogP) is 6.39. The van der Waals surface area contributed by atoms with Gasteiger partial charge < -0.3 is 10.1 Å². The van der Waals surface area contributed by atoms with Crippen molar-refractivity contribution >= 4 is 52.2 Å². The van der Waals surface area contributed by atoms with Crippen LogP contribution < -0.4 is 19.8 Å². The lowest BCUT2D eigenvalue weighted by Crippen LogP contribution is -2.33. The molecule has 244 valence electrons. The van der Waals surface area contributed by atoms with Crippen molar-refractivity contribution in [2.24, 2.45) is 5.92 Å². The van der Waals surface area contributed by atoms with Crippen molar-refractivity contribution in [3.8, 4) is 5.75 Å². The zero-order chi connectivity index (χ0) is 33.8. The first-order chi connectivity index (χ1) is 22.2. The number of hydrogen-bond acceptors (Lipinski definition) is 7. The van der Waals surface area contributed by atoms with Crippen LogP contribution in [0.5, 0.6) is 5.75 Å². The van der Waals surface area contributed by atoms with Gasteiger partial charge in [-0.1, -0.05) is 53.4 Å². The number of para-hydroxylation sites is 1. The molecule has 1 saturated heterocycles. The van der Waals surface area contributed by atoms with Crippen LogP contribution >= 0.6 is 23.1 Å². The van der Waals surface area contributed by atoms with E-state index in [-0.39, 0.29) is 10.7 Å². The zero-order valence-electron chi connectivity index (χ0n) is 23.9. The molecule has 3 aromatic carbocycles. The van der Waals surface area contributed by atoms with Crippen LogP contribution in [0.4, 0.5) is 37.7 Å². The van der Waals surface area contributed by atoms with Crippen molar-refractivity contribution in [2.75, 3.05) is 17.3 Å². The molecule has 3 atom stereocenters. The fraction of sp³-hybridized carbons (Fsp3) is 0.226. The van der Waals surface area contributed by atoms with Crippen LogP contribution in [0.15, 0.2) is 82.6 Å². The molecule has 0 aliphatic carbocycles. The Morgan fingerprint density at radius 2 is 1.60 bits per heavy atom. The van der Waals surface area contributed by atoms with E-state index in [0.717, 1.165) is 52.7 Å². The van der Waals surface area contributed by atoms with Crippen LogP contribution in [-0.2, 0) is 33.3 Å². The number of anilines is 2. The minimum atomic E-state index is -4.88. The number of nitrogens with one attached hydrogen (secondary N) is 1. The third kappa shape index (κ3) is 5.91. The fourth-order valence-corrected chi connectivity index (χ4v) is 8.46. The Hall–Kier alpha value is -4.57. The summed E-state index contributed by atoms with van der Waals surface area (Å²) < 4.78 is 87.7. The summed E-state index contributed by atoms with van der Waals surface area (Å²) >= 11 is 1.49. The van der Waals surface area contributed by atoms with E-state index < -0.39 is 75.4 Å². The highest BCUT2D eigenvalue weighted by molar-refractivity contribution is 8.00. The number of thiazole rings is 1. The second-order valence-electron chi connectivity index (χ2n) is 10.6. The Bertz CT molecular complexity index is 1950. The lowest BCUT2D eigenvalue weighted by Gasteiger charge is -2.30. The molecule has 47 heavy (non-hydrogen) atoms. The first-order valence-corrected chi connectivity index (χ1v) is 15.4. The maximum absolute atomic E-state index is 14.0. The molecule has 0 saturated carbocycles. The molecule has 2 unspecified atom stereocenters. The Morgan fingerprint density at radius 3 is 2.26 bits per heavy atom. The van der Waals surface area contributed by atoms with Gasteiger partial charge in [-0.2, -0.15) is 26.3 Å². The van der Waals surface area contributed by atoms with E-state index >= 15 is 0 Å². The van der Waals surface area contributed by atoms with Crippen molar-refractivity contribution in [1.29, 1.82) is 0 Å². The molecule has 6 rings (SSSR count). The maximum Gasteiger partial charge on any atom is 0.418 e. The molecular formula is C31H21F6N3O5S2. The van der Waals surface area contributed by atoms with Crippen molar-refractivity contribution in [2.45, 2.75) is 35.1 Å². The van der Waals surface area contributed by atoms with E-state index in [2.05, 4.69) is 5.32 Å². The largest absolute Gasteiger partial charge is 0.497 e. The summed E-state index contributed by atoms with van der Waals surface area (Å²) in [6.07, 6.45) is -9.53. The first-order valence-electron chi connectivity index (χ1n) is 13.7. The number of ether oxygens (including phenoxy) is 1. The number of rotatable bonds is 6. The number of carbonyl (C=O) groups excluding carboxylic acids is 3.